The molecule has 1 N–H and O–H groups in total. The standard InChI is InChI=1S/C13H12F5NO2/c14-9-3-7(6-20)4-10(15)12(9)21-8-1-2-19-11(5-8)13(16,17)18/h2-5,8-9,12,20H,1,6H2. The number of aliphatic imine (C=N–C) groups is 1. The van der Waals surface area contributed by atoms with Crippen LogP contribution in [-0.2, 0) is 4.74 Å². The third-order valence-corrected chi connectivity index (χ3v) is 2.96. The molecule has 0 amide bonds. The van der Waals surface area contributed by atoms with Crippen molar-refractivity contribution in [1.29, 1.82) is 0 Å². The highest BCUT2D eigenvalue weighted by Gasteiger charge is 2.37. The molecule has 0 fully saturated rings. The van der Waals surface area contributed by atoms with E-state index >= 15 is 0 Å². The van der Waals surface area contributed by atoms with Gasteiger partial charge in [-0.2, -0.15) is 13.2 Å². The molecule has 0 aromatic rings. The Kier molecular flexibility index (Phi) is 4.58. The van der Waals surface area contributed by atoms with E-state index in [1.54, 1.807) is 0 Å². The fourth-order valence-electron chi connectivity index (χ4n) is 1.98. The number of alkyl halides is 4. The van der Waals surface area contributed by atoms with E-state index < -0.39 is 42.7 Å². The first-order chi connectivity index (χ1) is 9.81. The minimum absolute atomic E-state index is 0.00729. The lowest BCUT2D eigenvalue weighted by Gasteiger charge is -2.27. The summed E-state index contributed by atoms with van der Waals surface area (Å²) >= 11 is 0. The highest BCUT2D eigenvalue weighted by Crippen LogP contribution is 2.31. The van der Waals surface area contributed by atoms with Crippen LogP contribution >= 0.6 is 0 Å². The zero-order valence-corrected chi connectivity index (χ0v) is 10.6. The van der Waals surface area contributed by atoms with Gasteiger partial charge in [-0.15, -0.1) is 0 Å². The number of hydrogen-bond donors (Lipinski definition) is 1. The van der Waals surface area contributed by atoms with Crippen LogP contribution in [0.3, 0.4) is 0 Å². The number of ether oxygens (including phenoxy) is 1. The first-order valence-corrected chi connectivity index (χ1v) is 6.11. The van der Waals surface area contributed by atoms with Gasteiger partial charge in [-0.05, 0) is 23.8 Å². The molecule has 0 aromatic carbocycles. The Morgan fingerprint density at radius 2 is 2.05 bits per heavy atom. The van der Waals surface area contributed by atoms with Gasteiger partial charge in [0.1, 0.15) is 17.6 Å². The summed E-state index contributed by atoms with van der Waals surface area (Å²) in [6.07, 6.45) is -5.69. The van der Waals surface area contributed by atoms with E-state index in [1.807, 2.05) is 0 Å². The number of aliphatic hydroxyl groups is 1. The second kappa shape index (κ2) is 6.07. The number of rotatable bonds is 3. The summed E-state index contributed by atoms with van der Waals surface area (Å²) in [5.74, 6) is -0.974. The Hall–Kier alpha value is -1.54. The van der Waals surface area contributed by atoms with Gasteiger partial charge in [-0.25, -0.2) is 8.78 Å². The smallest absolute Gasteiger partial charge is 0.392 e. The van der Waals surface area contributed by atoms with Gasteiger partial charge in [0.2, 0.25) is 0 Å². The van der Waals surface area contributed by atoms with Gasteiger partial charge >= 0.3 is 6.18 Å². The summed E-state index contributed by atoms with van der Waals surface area (Å²) in [6, 6.07) is 0. The lowest BCUT2D eigenvalue weighted by atomic mass is 10.0. The maximum Gasteiger partial charge on any atom is 0.433 e. The highest BCUT2D eigenvalue weighted by molar-refractivity contribution is 5.62. The van der Waals surface area contributed by atoms with Gasteiger partial charge < -0.3 is 9.84 Å². The molecule has 0 radical (unpaired) electrons. The molecular formula is C13H12F5NO2. The fraction of sp³-hybridized carbons (Fsp3) is 0.462. The number of allylic oxidation sites excluding steroid dienone is 1. The summed E-state index contributed by atoms with van der Waals surface area (Å²) in [4.78, 5) is 3.19. The number of halogens is 5. The highest BCUT2D eigenvalue weighted by atomic mass is 19.4. The second-order valence-corrected chi connectivity index (χ2v) is 4.57. The molecule has 2 aliphatic rings. The molecule has 0 saturated carbocycles. The van der Waals surface area contributed by atoms with Crippen LogP contribution in [0.1, 0.15) is 6.42 Å². The minimum Gasteiger partial charge on any atom is -0.392 e. The van der Waals surface area contributed by atoms with E-state index in [2.05, 4.69) is 4.99 Å². The van der Waals surface area contributed by atoms with E-state index in [0.29, 0.717) is 6.08 Å². The molecule has 0 saturated heterocycles. The Balaban J connectivity index is 2.10. The topological polar surface area (TPSA) is 41.8 Å². The monoisotopic (exact) mass is 309 g/mol. The molecule has 21 heavy (non-hydrogen) atoms. The van der Waals surface area contributed by atoms with Gasteiger partial charge in [-0.3, -0.25) is 4.99 Å². The van der Waals surface area contributed by atoms with Crippen LogP contribution in [0.2, 0.25) is 0 Å². The average Bonchev–Trinajstić information content (AvgIpc) is 2.42. The molecule has 3 atom stereocenters. The third kappa shape index (κ3) is 3.76. The van der Waals surface area contributed by atoms with Crippen LogP contribution in [0.25, 0.3) is 0 Å². The summed E-state index contributed by atoms with van der Waals surface area (Å²) < 4.78 is 70.0. The predicted molar refractivity (Wildman–Crippen MR) is 65.2 cm³/mol. The molecule has 0 aromatic heterocycles. The van der Waals surface area contributed by atoms with Crippen molar-refractivity contribution in [2.24, 2.45) is 4.99 Å². The third-order valence-electron chi connectivity index (χ3n) is 2.96. The number of hydrogen-bond acceptors (Lipinski definition) is 3. The van der Waals surface area contributed by atoms with Gasteiger partial charge in [0.25, 0.3) is 0 Å². The Bertz CT molecular complexity index is 521. The van der Waals surface area contributed by atoms with Crippen LogP contribution < -0.4 is 0 Å². The Morgan fingerprint density at radius 1 is 1.33 bits per heavy atom. The predicted octanol–water partition coefficient (Wildman–Crippen LogP) is 2.78. The van der Waals surface area contributed by atoms with Crippen molar-refractivity contribution in [3.8, 4) is 0 Å². The zero-order chi connectivity index (χ0) is 15.6. The molecule has 1 heterocycles. The van der Waals surface area contributed by atoms with Crippen LogP contribution in [0.4, 0.5) is 22.0 Å². The van der Waals surface area contributed by atoms with Crippen molar-refractivity contribution in [2.45, 2.75) is 31.0 Å². The van der Waals surface area contributed by atoms with Crippen molar-refractivity contribution in [2.75, 3.05) is 6.61 Å². The molecular weight excluding hydrogens is 297 g/mol. The molecule has 2 rings (SSSR count). The van der Waals surface area contributed by atoms with Gasteiger partial charge in [0.05, 0.1) is 12.7 Å². The van der Waals surface area contributed by atoms with Crippen molar-refractivity contribution in [3.05, 3.63) is 35.3 Å². The summed E-state index contributed by atoms with van der Waals surface area (Å²) in [5.41, 5.74) is -1.10. The molecule has 1 aliphatic heterocycles. The SMILES string of the molecule is OCC1=CC(F)C(OC2C=C(C(F)(F)F)N=CC2)C(F)=C1. The van der Waals surface area contributed by atoms with Crippen molar-refractivity contribution >= 4 is 6.21 Å². The van der Waals surface area contributed by atoms with Crippen molar-refractivity contribution in [1.82, 2.24) is 0 Å². The van der Waals surface area contributed by atoms with Gasteiger partial charge in [0, 0.05) is 12.6 Å². The summed E-state index contributed by atoms with van der Waals surface area (Å²) in [6.45, 7) is -0.533. The molecule has 0 bridgehead atoms. The fourth-order valence-corrected chi connectivity index (χ4v) is 1.98. The van der Waals surface area contributed by atoms with E-state index in [4.69, 9.17) is 9.84 Å². The van der Waals surface area contributed by atoms with E-state index in [1.165, 1.54) is 0 Å². The number of aliphatic hydroxyl groups excluding tert-OH is 1. The first kappa shape index (κ1) is 15.8. The van der Waals surface area contributed by atoms with Crippen LogP contribution in [0, 0.1) is 0 Å². The molecule has 8 heteroatoms. The molecule has 3 nitrogen and oxygen atoms in total. The first-order valence-electron chi connectivity index (χ1n) is 6.11. The van der Waals surface area contributed by atoms with Gasteiger partial charge in [-0.1, -0.05) is 0 Å². The van der Waals surface area contributed by atoms with Crippen LogP contribution in [-0.4, -0.2) is 42.5 Å². The molecule has 3 unspecified atom stereocenters. The van der Waals surface area contributed by atoms with Crippen molar-refractivity contribution in [3.63, 3.8) is 0 Å². The maximum absolute atomic E-state index is 13.8. The van der Waals surface area contributed by atoms with Crippen LogP contribution in [0.15, 0.2) is 40.3 Å². The van der Waals surface area contributed by atoms with E-state index in [9.17, 15) is 22.0 Å². The zero-order valence-electron chi connectivity index (χ0n) is 10.6. The van der Waals surface area contributed by atoms with E-state index in [0.717, 1.165) is 18.4 Å². The largest absolute Gasteiger partial charge is 0.433 e. The quantitative estimate of drug-likeness (QED) is 0.815. The Labute approximate surface area is 117 Å². The molecule has 116 valence electrons. The van der Waals surface area contributed by atoms with E-state index in [-0.39, 0.29) is 12.0 Å². The molecule has 1 aliphatic carbocycles. The van der Waals surface area contributed by atoms with Gasteiger partial charge in [0.15, 0.2) is 6.17 Å². The van der Waals surface area contributed by atoms with Crippen LogP contribution in [0.5, 0.6) is 0 Å². The lowest BCUT2D eigenvalue weighted by molar-refractivity contribution is -0.0947. The Morgan fingerprint density at radius 3 is 2.62 bits per heavy atom. The summed E-state index contributed by atoms with van der Waals surface area (Å²) in [5, 5.41) is 8.82. The second-order valence-electron chi connectivity index (χ2n) is 4.57. The maximum atomic E-state index is 13.8. The number of nitrogens with zero attached hydrogens (tertiary/aromatic N) is 1. The normalized spacial score (nSPS) is 29.8. The minimum atomic E-state index is -4.64. The average molecular weight is 309 g/mol. The molecule has 0 spiro atoms. The lowest BCUT2D eigenvalue weighted by Crippen LogP contribution is -2.33. The summed E-state index contributed by atoms with van der Waals surface area (Å²) in [7, 11) is 0. The van der Waals surface area contributed by atoms with Crippen molar-refractivity contribution < 1.29 is 31.8 Å².